The average Bonchev–Trinajstić information content (AvgIpc) is 3.03. The fourth-order valence-electron chi connectivity index (χ4n) is 5.12. The fourth-order valence-corrected chi connectivity index (χ4v) is 5.12. The van der Waals surface area contributed by atoms with Gasteiger partial charge in [0.25, 0.3) is 0 Å². The van der Waals surface area contributed by atoms with Gasteiger partial charge < -0.3 is 40.4 Å². The first-order valence-corrected chi connectivity index (χ1v) is 14.1. The molecule has 6 N–H and O–H groups in total. The zero-order valence-electron chi connectivity index (χ0n) is 25.2. The number of aliphatic carboxylic acids is 4. The summed E-state index contributed by atoms with van der Waals surface area (Å²) in [6.07, 6.45) is 5.49. The molecule has 45 heavy (non-hydrogen) atoms. The molecular formula is C32H40N2O11. The lowest BCUT2D eigenvalue weighted by molar-refractivity contribution is -0.134. The Morgan fingerprint density at radius 3 is 1.82 bits per heavy atom. The topological polar surface area (TPSA) is 206 Å². The number of carboxylic acids is 4. The molecule has 13 nitrogen and oxygen atoms in total. The Morgan fingerprint density at radius 1 is 0.844 bits per heavy atom. The molecule has 0 spiro atoms. The molecule has 13 heteroatoms. The predicted molar refractivity (Wildman–Crippen MR) is 163 cm³/mol. The van der Waals surface area contributed by atoms with Crippen LogP contribution in [0.3, 0.4) is 0 Å². The van der Waals surface area contributed by atoms with E-state index in [9.17, 15) is 19.2 Å². The molecule has 0 saturated carbocycles. The van der Waals surface area contributed by atoms with Gasteiger partial charge in [-0.05, 0) is 49.0 Å². The highest BCUT2D eigenvalue weighted by molar-refractivity contribution is 5.90. The van der Waals surface area contributed by atoms with E-state index < -0.39 is 23.9 Å². The van der Waals surface area contributed by atoms with Crippen molar-refractivity contribution in [1.82, 2.24) is 4.90 Å². The van der Waals surface area contributed by atoms with Crippen LogP contribution in [-0.2, 0) is 36.9 Å². The van der Waals surface area contributed by atoms with Gasteiger partial charge in [0.15, 0.2) is 11.5 Å². The molecule has 2 aliphatic rings. The Morgan fingerprint density at radius 2 is 1.38 bits per heavy atom. The molecule has 2 aliphatic heterocycles. The van der Waals surface area contributed by atoms with E-state index in [4.69, 9.17) is 40.4 Å². The Kier molecular flexibility index (Phi) is 15.3. The van der Waals surface area contributed by atoms with Gasteiger partial charge in [0.2, 0.25) is 0 Å². The standard InChI is InChI=1S/C24H32N2O3.2C4H4O4/c1-27-21-9-8-19-20(24(21)28-2)14-22(29-23(19)15-25)18-10-12-26(13-11-18)16-17-6-4-3-5-7-17;2*5-3(6)1-2-4(7)8/h3-9,18,22-23H,10-16,25H2,1-2H3;2*1-2H,(H,5,6)(H,7,8)/b;2*2-1+/t22-,23-;;/m1../s1. The third kappa shape index (κ3) is 12.4. The van der Waals surface area contributed by atoms with Gasteiger partial charge in [-0.3, -0.25) is 4.90 Å². The number of carbonyl (C=O) groups is 4. The lowest BCUT2D eigenvalue weighted by atomic mass is 9.83. The highest BCUT2D eigenvalue weighted by atomic mass is 16.5. The van der Waals surface area contributed by atoms with E-state index in [-0.39, 0.29) is 12.2 Å². The number of piperidine rings is 1. The zero-order valence-corrected chi connectivity index (χ0v) is 25.2. The van der Waals surface area contributed by atoms with Crippen LogP contribution in [0.2, 0.25) is 0 Å². The fraction of sp³-hybridized carbons (Fsp3) is 0.375. The first kappa shape index (κ1) is 36.5. The molecule has 1 fully saturated rings. The second kappa shape index (κ2) is 18.8. The van der Waals surface area contributed by atoms with E-state index >= 15 is 0 Å². The number of fused-ring (bicyclic) bond motifs is 1. The van der Waals surface area contributed by atoms with Gasteiger partial charge in [-0.15, -0.1) is 0 Å². The summed E-state index contributed by atoms with van der Waals surface area (Å²) < 4.78 is 17.7. The molecule has 0 radical (unpaired) electrons. The average molecular weight is 629 g/mol. The van der Waals surface area contributed by atoms with E-state index in [1.54, 1.807) is 14.2 Å². The van der Waals surface area contributed by atoms with Crippen LogP contribution in [0.4, 0.5) is 0 Å². The second-order valence-electron chi connectivity index (χ2n) is 10.1. The van der Waals surface area contributed by atoms with Crippen LogP contribution in [0.25, 0.3) is 0 Å². The zero-order chi connectivity index (χ0) is 33.4. The summed E-state index contributed by atoms with van der Waals surface area (Å²) >= 11 is 0. The summed E-state index contributed by atoms with van der Waals surface area (Å²) in [4.78, 5) is 40.8. The Hall–Kier alpha value is -4.72. The third-order valence-electron chi connectivity index (χ3n) is 7.13. The summed E-state index contributed by atoms with van der Waals surface area (Å²) in [5, 5.41) is 31.2. The number of benzene rings is 2. The van der Waals surface area contributed by atoms with E-state index in [0.717, 1.165) is 56.0 Å². The SMILES string of the molecule is COc1ccc2c(c1OC)C[C@H](C1CCN(Cc3ccccc3)CC1)O[C@@H]2CN.O=C(O)/C=C/C(=O)O.O=C(O)/C=C/C(=O)O. The number of hydrogen-bond donors (Lipinski definition) is 5. The van der Waals surface area contributed by atoms with Gasteiger partial charge in [-0.2, -0.15) is 0 Å². The molecule has 0 aromatic heterocycles. The van der Waals surface area contributed by atoms with Gasteiger partial charge >= 0.3 is 23.9 Å². The van der Waals surface area contributed by atoms with Crippen LogP contribution in [0.1, 0.15) is 35.6 Å². The maximum absolute atomic E-state index is 9.55. The smallest absolute Gasteiger partial charge is 0.328 e. The Balaban J connectivity index is 0.000000365. The lowest BCUT2D eigenvalue weighted by Gasteiger charge is -2.40. The molecular weight excluding hydrogens is 588 g/mol. The van der Waals surface area contributed by atoms with Crippen LogP contribution >= 0.6 is 0 Å². The first-order valence-electron chi connectivity index (χ1n) is 14.1. The molecule has 2 aromatic carbocycles. The highest BCUT2D eigenvalue weighted by Crippen LogP contribution is 2.43. The highest BCUT2D eigenvalue weighted by Gasteiger charge is 2.36. The third-order valence-corrected chi connectivity index (χ3v) is 7.13. The number of hydrogen-bond acceptors (Lipinski definition) is 9. The molecule has 2 aromatic rings. The van der Waals surface area contributed by atoms with E-state index in [1.807, 2.05) is 6.07 Å². The van der Waals surface area contributed by atoms with E-state index in [0.29, 0.717) is 36.8 Å². The molecule has 2 atom stereocenters. The molecule has 244 valence electrons. The molecule has 4 rings (SSSR count). The van der Waals surface area contributed by atoms with Crippen molar-refractivity contribution in [3.8, 4) is 11.5 Å². The van der Waals surface area contributed by atoms with Gasteiger partial charge in [-0.25, -0.2) is 19.2 Å². The van der Waals surface area contributed by atoms with Gasteiger partial charge in [0.05, 0.1) is 26.4 Å². The number of carboxylic acid groups (broad SMARTS) is 4. The lowest BCUT2D eigenvalue weighted by Crippen LogP contribution is -2.42. The van der Waals surface area contributed by atoms with Gasteiger partial charge in [0, 0.05) is 49.4 Å². The van der Waals surface area contributed by atoms with E-state index in [1.165, 1.54) is 11.1 Å². The minimum Gasteiger partial charge on any atom is -0.493 e. The molecule has 0 aliphatic carbocycles. The number of methoxy groups -OCH3 is 2. The van der Waals surface area contributed by atoms with Crippen LogP contribution < -0.4 is 15.2 Å². The summed E-state index contributed by atoms with van der Waals surface area (Å²) in [5.41, 5.74) is 9.80. The van der Waals surface area contributed by atoms with Crippen molar-refractivity contribution in [2.75, 3.05) is 33.9 Å². The minimum atomic E-state index is -1.26. The van der Waals surface area contributed by atoms with Crippen molar-refractivity contribution in [3.05, 3.63) is 83.5 Å². The molecule has 0 unspecified atom stereocenters. The predicted octanol–water partition coefficient (Wildman–Crippen LogP) is 2.98. The monoisotopic (exact) mass is 628 g/mol. The maximum atomic E-state index is 9.55. The Bertz CT molecular complexity index is 1270. The molecule has 2 heterocycles. The first-order chi connectivity index (χ1) is 21.5. The number of nitrogens with zero attached hydrogens (tertiary/aromatic N) is 1. The number of likely N-dealkylation sites (tertiary alicyclic amines) is 1. The summed E-state index contributed by atoms with van der Waals surface area (Å²) in [7, 11) is 3.39. The van der Waals surface area contributed by atoms with Crippen molar-refractivity contribution >= 4 is 23.9 Å². The second-order valence-corrected chi connectivity index (χ2v) is 10.1. The van der Waals surface area contributed by atoms with Crippen molar-refractivity contribution in [2.24, 2.45) is 11.7 Å². The quantitative estimate of drug-likeness (QED) is 0.240. The molecule has 0 bridgehead atoms. The van der Waals surface area contributed by atoms with Crippen molar-refractivity contribution < 1.29 is 53.8 Å². The molecule has 0 amide bonds. The summed E-state index contributed by atoms with van der Waals surface area (Å²) in [5.74, 6) is -2.88. The number of nitrogens with two attached hydrogens (primary N) is 1. The van der Waals surface area contributed by atoms with Crippen molar-refractivity contribution in [2.45, 2.75) is 38.0 Å². The summed E-state index contributed by atoms with van der Waals surface area (Å²) in [6, 6.07) is 14.7. The molecule has 1 saturated heterocycles. The van der Waals surface area contributed by atoms with Crippen LogP contribution in [-0.4, -0.2) is 89.2 Å². The number of ether oxygens (including phenoxy) is 3. The summed E-state index contributed by atoms with van der Waals surface area (Å²) in [6.45, 7) is 3.72. The Labute approximate surface area is 261 Å². The minimum absolute atomic E-state index is 0.0779. The normalized spacial score (nSPS) is 18.1. The maximum Gasteiger partial charge on any atom is 0.328 e. The number of rotatable bonds is 10. The largest absolute Gasteiger partial charge is 0.493 e. The van der Waals surface area contributed by atoms with Crippen LogP contribution in [0.5, 0.6) is 11.5 Å². The van der Waals surface area contributed by atoms with Crippen molar-refractivity contribution in [3.63, 3.8) is 0 Å². The van der Waals surface area contributed by atoms with E-state index in [2.05, 4.69) is 41.3 Å². The van der Waals surface area contributed by atoms with Gasteiger partial charge in [0.1, 0.15) is 0 Å². The van der Waals surface area contributed by atoms with Crippen LogP contribution in [0.15, 0.2) is 66.8 Å². The van der Waals surface area contributed by atoms with Crippen LogP contribution in [0, 0.1) is 5.92 Å². The van der Waals surface area contributed by atoms with Gasteiger partial charge in [-0.1, -0.05) is 36.4 Å². The van der Waals surface area contributed by atoms with Crippen molar-refractivity contribution in [1.29, 1.82) is 0 Å².